The molecular formula is C16H13N3O4. The minimum absolute atomic E-state index is 0.162. The van der Waals surface area contributed by atoms with Crippen LogP contribution in [0, 0.1) is 0 Å². The predicted octanol–water partition coefficient (Wildman–Crippen LogP) is 1.89. The third kappa shape index (κ3) is 2.89. The second kappa shape index (κ2) is 5.88. The van der Waals surface area contributed by atoms with E-state index in [1.165, 1.54) is 17.7 Å². The van der Waals surface area contributed by atoms with E-state index in [1.807, 2.05) is 0 Å². The molecule has 7 nitrogen and oxygen atoms in total. The maximum Gasteiger partial charge on any atom is 0.337 e. The van der Waals surface area contributed by atoms with Gasteiger partial charge in [0.05, 0.1) is 12.7 Å². The maximum atomic E-state index is 11.6. The van der Waals surface area contributed by atoms with Gasteiger partial charge in [0.2, 0.25) is 5.82 Å². The Morgan fingerprint density at radius 1 is 1.17 bits per heavy atom. The summed E-state index contributed by atoms with van der Waals surface area (Å²) >= 11 is 0. The number of aryl methyl sites for hydroxylation is 1. The molecule has 2 heterocycles. The molecule has 116 valence electrons. The normalized spacial score (nSPS) is 10.5. The Kier molecular flexibility index (Phi) is 3.76. The molecule has 0 aliphatic rings. The number of pyridine rings is 1. The Labute approximate surface area is 131 Å². The SMILES string of the molecule is COC(=O)c1ccc(-c2noc(-c3ccn(C)c(=O)c3)n2)cc1. The van der Waals surface area contributed by atoms with Crippen LogP contribution in [-0.4, -0.2) is 27.8 Å². The second-order valence-corrected chi connectivity index (χ2v) is 4.86. The average Bonchev–Trinajstić information content (AvgIpc) is 3.07. The first kappa shape index (κ1) is 14.7. The molecule has 0 radical (unpaired) electrons. The van der Waals surface area contributed by atoms with Gasteiger partial charge in [0.15, 0.2) is 0 Å². The summed E-state index contributed by atoms with van der Waals surface area (Å²) in [6.45, 7) is 0. The molecule has 3 aromatic rings. The molecule has 0 aliphatic carbocycles. The van der Waals surface area contributed by atoms with Crippen LogP contribution in [0.15, 0.2) is 51.9 Å². The van der Waals surface area contributed by atoms with E-state index in [9.17, 15) is 9.59 Å². The van der Waals surface area contributed by atoms with Crippen molar-refractivity contribution < 1.29 is 14.1 Å². The lowest BCUT2D eigenvalue weighted by Gasteiger charge is -1.99. The van der Waals surface area contributed by atoms with Crippen molar-refractivity contribution in [3.63, 3.8) is 0 Å². The van der Waals surface area contributed by atoms with E-state index in [1.54, 1.807) is 43.6 Å². The van der Waals surface area contributed by atoms with E-state index in [0.717, 1.165) is 0 Å². The number of hydrogen-bond acceptors (Lipinski definition) is 6. The summed E-state index contributed by atoms with van der Waals surface area (Å²) in [5.74, 6) is 0.220. The number of rotatable bonds is 3. The highest BCUT2D eigenvalue weighted by atomic mass is 16.5. The molecule has 0 N–H and O–H groups in total. The lowest BCUT2D eigenvalue weighted by atomic mass is 10.1. The third-order valence-corrected chi connectivity index (χ3v) is 3.34. The van der Waals surface area contributed by atoms with Crippen LogP contribution in [0.4, 0.5) is 0 Å². The number of aromatic nitrogens is 3. The van der Waals surface area contributed by atoms with Gasteiger partial charge in [-0.1, -0.05) is 17.3 Å². The van der Waals surface area contributed by atoms with Gasteiger partial charge >= 0.3 is 5.97 Å². The molecule has 0 amide bonds. The highest BCUT2D eigenvalue weighted by Gasteiger charge is 2.12. The van der Waals surface area contributed by atoms with Crippen molar-refractivity contribution in [1.82, 2.24) is 14.7 Å². The molecule has 0 saturated carbocycles. The van der Waals surface area contributed by atoms with Crippen molar-refractivity contribution in [1.29, 1.82) is 0 Å². The molecular weight excluding hydrogens is 298 g/mol. The average molecular weight is 311 g/mol. The Morgan fingerprint density at radius 2 is 1.91 bits per heavy atom. The van der Waals surface area contributed by atoms with Crippen LogP contribution < -0.4 is 5.56 Å². The van der Waals surface area contributed by atoms with Gasteiger partial charge in [-0.25, -0.2) is 4.79 Å². The number of methoxy groups -OCH3 is 1. The van der Waals surface area contributed by atoms with Gasteiger partial charge in [-0.3, -0.25) is 4.79 Å². The molecule has 2 aromatic heterocycles. The van der Waals surface area contributed by atoms with Crippen LogP contribution in [0.1, 0.15) is 10.4 Å². The summed E-state index contributed by atoms with van der Waals surface area (Å²) in [6.07, 6.45) is 1.63. The largest absolute Gasteiger partial charge is 0.465 e. The standard InChI is InChI=1S/C16H13N3O4/c1-19-8-7-12(9-13(19)20)15-17-14(18-23-15)10-3-5-11(6-4-10)16(21)22-2/h3-9H,1-2H3. The second-order valence-electron chi connectivity index (χ2n) is 4.86. The fourth-order valence-corrected chi connectivity index (χ4v) is 2.01. The van der Waals surface area contributed by atoms with E-state index in [4.69, 9.17) is 4.52 Å². The Hall–Kier alpha value is -3.22. The molecule has 23 heavy (non-hydrogen) atoms. The fourth-order valence-electron chi connectivity index (χ4n) is 2.01. The van der Waals surface area contributed by atoms with Gasteiger partial charge in [0, 0.05) is 30.4 Å². The highest BCUT2D eigenvalue weighted by Crippen LogP contribution is 2.21. The predicted molar refractivity (Wildman–Crippen MR) is 81.8 cm³/mol. The lowest BCUT2D eigenvalue weighted by molar-refractivity contribution is 0.0601. The number of carbonyl (C=O) groups is 1. The van der Waals surface area contributed by atoms with Gasteiger partial charge in [0.25, 0.3) is 11.4 Å². The summed E-state index contributed by atoms with van der Waals surface area (Å²) in [5.41, 5.74) is 1.52. The van der Waals surface area contributed by atoms with E-state index in [-0.39, 0.29) is 11.4 Å². The quantitative estimate of drug-likeness (QED) is 0.686. The zero-order valence-electron chi connectivity index (χ0n) is 12.5. The fraction of sp³-hybridized carbons (Fsp3) is 0.125. The number of nitrogens with zero attached hydrogens (tertiary/aromatic N) is 3. The summed E-state index contributed by atoms with van der Waals surface area (Å²) in [7, 11) is 2.99. The lowest BCUT2D eigenvalue weighted by Crippen LogP contribution is -2.14. The summed E-state index contributed by atoms with van der Waals surface area (Å²) in [4.78, 5) is 27.3. The molecule has 0 spiro atoms. The van der Waals surface area contributed by atoms with Crippen molar-refractivity contribution in [2.75, 3.05) is 7.11 Å². The monoisotopic (exact) mass is 311 g/mol. The number of benzene rings is 1. The first-order valence-electron chi connectivity index (χ1n) is 6.78. The first-order chi connectivity index (χ1) is 11.1. The van der Waals surface area contributed by atoms with Crippen LogP contribution in [0.5, 0.6) is 0 Å². The zero-order chi connectivity index (χ0) is 16.4. The molecule has 1 aromatic carbocycles. The van der Waals surface area contributed by atoms with Crippen LogP contribution in [0.3, 0.4) is 0 Å². The molecule has 0 bridgehead atoms. The minimum Gasteiger partial charge on any atom is -0.465 e. The summed E-state index contributed by atoms with van der Waals surface area (Å²) < 4.78 is 11.3. The molecule has 0 saturated heterocycles. The zero-order valence-corrected chi connectivity index (χ0v) is 12.5. The van der Waals surface area contributed by atoms with Crippen LogP contribution in [0.2, 0.25) is 0 Å². The minimum atomic E-state index is -0.412. The molecule has 0 unspecified atom stereocenters. The van der Waals surface area contributed by atoms with Gasteiger partial charge < -0.3 is 13.8 Å². The van der Waals surface area contributed by atoms with Crippen molar-refractivity contribution in [2.24, 2.45) is 7.05 Å². The summed E-state index contributed by atoms with van der Waals surface area (Å²) in [6, 6.07) is 9.79. The number of hydrogen-bond donors (Lipinski definition) is 0. The molecule has 0 aliphatic heterocycles. The third-order valence-electron chi connectivity index (χ3n) is 3.34. The van der Waals surface area contributed by atoms with E-state index in [2.05, 4.69) is 14.9 Å². The first-order valence-corrected chi connectivity index (χ1v) is 6.78. The van der Waals surface area contributed by atoms with Crippen LogP contribution in [0.25, 0.3) is 22.8 Å². The van der Waals surface area contributed by atoms with Crippen LogP contribution in [-0.2, 0) is 11.8 Å². The van der Waals surface area contributed by atoms with Gasteiger partial charge in [-0.2, -0.15) is 4.98 Å². The molecule has 0 fully saturated rings. The van der Waals surface area contributed by atoms with Gasteiger partial charge in [0.1, 0.15) is 0 Å². The van der Waals surface area contributed by atoms with Crippen molar-refractivity contribution in [3.8, 4) is 22.8 Å². The van der Waals surface area contributed by atoms with E-state index in [0.29, 0.717) is 22.5 Å². The van der Waals surface area contributed by atoms with Crippen molar-refractivity contribution in [2.45, 2.75) is 0 Å². The smallest absolute Gasteiger partial charge is 0.337 e. The van der Waals surface area contributed by atoms with Crippen molar-refractivity contribution >= 4 is 5.97 Å². The Morgan fingerprint density at radius 3 is 2.57 bits per heavy atom. The topological polar surface area (TPSA) is 87.2 Å². The molecule has 0 atom stereocenters. The van der Waals surface area contributed by atoms with E-state index >= 15 is 0 Å². The van der Waals surface area contributed by atoms with E-state index < -0.39 is 5.97 Å². The number of ether oxygens (including phenoxy) is 1. The maximum absolute atomic E-state index is 11.6. The van der Waals surface area contributed by atoms with Gasteiger partial charge in [-0.15, -0.1) is 0 Å². The summed E-state index contributed by atoms with van der Waals surface area (Å²) in [5, 5.41) is 3.90. The van der Waals surface area contributed by atoms with Crippen LogP contribution >= 0.6 is 0 Å². The number of carbonyl (C=O) groups excluding carboxylic acids is 1. The number of esters is 1. The van der Waals surface area contributed by atoms with Crippen molar-refractivity contribution in [3.05, 3.63) is 58.5 Å². The Balaban J connectivity index is 1.91. The van der Waals surface area contributed by atoms with Gasteiger partial charge in [-0.05, 0) is 18.2 Å². The highest BCUT2D eigenvalue weighted by molar-refractivity contribution is 5.89. The Bertz CT molecular complexity index is 910. The molecule has 3 rings (SSSR count). The molecule has 7 heteroatoms.